The van der Waals surface area contributed by atoms with Crippen LogP contribution in [0.5, 0.6) is 0 Å². The summed E-state index contributed by atoms with van der Waals surface area (Å²) in [6.07, 6.45) is 0.403. The number of nitrogens with one attached hydrogen (secondary N) is 1. The largest absolute Gasteiger partial charge is 0.377 e. The Kier molecular flexibility index (Phi) is 8.10. The van der Waals surface area contributed by atoms with Crippen LogP contribution in [0.15, 0.2) is 60.0 Å². The third-order valence-electron chi connectivity index (χ3n) is 5.18. The van der Waals surface area contributed by atoms with Gasteiger partial charge in [0.2, 0.25) is 5.91 Å². The zero-order valence-electron chi connectivity index (χ0n) is 20.4. The van der Waals surface area contributed by atoms with Crippen molar-refractivity contribution in [2.75, 3.05) is 24.3 Å². The molecule has 2 aromatic carbocycles. The average molecular weight is 482 g/mol. The van der Waals surface area contributed by atoms with E-state index in [1.165, 1.54) is 23.5 Å². The SMILES string of the molecule is CN(C)c1ccc(NC(=O)CC(C)(C)C)cc1CN(Cc1cccc(F)c1)C(=O)c1cccs1. The van der Waals surface area contributed by atoms with E-state index in [0.717, 1.165) is 11.3 Å². The van der Waals surface area contributed by atoms with Crippen molar-refractivity contribution < 1.29 is 14.0 Å². The van der Waals surface area contributed by atoms with E-state index in [1.807, 2.05) is 75.5 Å². The van der Waals surface area contributed by atoms with Crippen LogP contribution in [0, 0.1) is 11.2 Å². The number of carbonyl (C=O) groups excluding carboxylic acids is 2. The summed E-state index contributed by atoms with van der Waals surface area (Å²) in [7, 11) is 3.88. The first-order chi connectivity index (χ1) is 16.0. The minimum absolute atomic E-state index is 0.0534. The van der Waals surface area contributed by atoms with E-state index in [4.69, 9.17) is 0 Å². The summed E-state index contributed by atoms with van der Waals surface area (Å²) in [5.74, 6) is -0.507. The highest BCUT2D eigenvalue weighted by molar-refractivity contribution is 7.12. The van der Waals surface area contributed by atoms with Crippen molar-refractivity contribution in [3.8, 4) is 0 Å². The fraction of sp³-hybridized carbons (Fsp3) is 0.333. The molecule has 2 amide bonds. The van der Waals surface area contributed by atoms with E-state index >= 15 is 0 Å². The van der Waals surface area contributed by atoms with Gasteiger partial charge in [-0.3, -0.25) is 9.59 Å². The van der Waals surface area contributed by atoms with E-state index in [-0.39, 0.29) is 29.6 Å². The van der Waals surface area contributed by atoms with Crippen LogP contribution in [0.25, 0.3) is 0 Å². The summed E-state index contributed by atoms with van der Waals surface area (Å²) in [4.78, 5) is 30.2. The van der Waals surface area contributed by atoms with Crippen LogP contribution in [0.1, 0.15) is 48.0 Å². The minimum Gasteiger partial charge on any atom is -0.377 e. The highest BCUT2D eigenvalue weighted by Crippen LogP contribution is 2.27. The maximum Gasteiger partial charge on any atom is 0.264 e. The topological polar surface area (TPSA) is 52.7 Å². The molecule has 1 heterocycles. The van der Waals surface area contributed by atoms with E-state index < -0.39 is 0 Å². The number of rotatable bonds is 8. The number of amides is 2. The lowest BCUT2D eigenvalue weighted by Gasteiger charge is -2.26. The molecule has 0 aliphatic heterocycles. The summed E-state index contributed by atoms with van der Waals surface area (Å²) in [6, 6.07) is 15.7. The molecule has 1 N–H and O–H groups in total. The molecule has 5 nitrogen and oxygen atoms in total. The summed E-state index contributed by atoms with van der Waals surface area (Å²) in [5, 5.41) is 4.85. The molecule has 0 aliphatic carbocycles. The Morgan fingerprint density at radius 1 is 1.00 bits per heavy atom. The van der Waals surface area contributed by atoms with Crippen molar-refractivity contribution in [2.24, 2.45) is 5.41 Å². The highest BCUT2D eigenvalue weighted by Gasteiger charge is 2.21. The number of thiophene rings is 1. The quantitative estimate of drug-likeness (QED) is 0.419. The molecule has 0 saturated heterocycles. The van der Waals surface area contributed by atoms with Crippen molar-refractivity contribution in [3.05, 3.63) is 81.8 Å². The Bertz CT molecular complexity index is 1140. The van der Waals surface area contributed by atoms with Crippen LogP contribution < -0.4 is 10.2 Å². The van der Waals surface area contributed by atoms with Gasteiger partial charge in [0.05, 0.1) is 4.88 Å². The molecular formula is C27H32FN3O2S. The third-order valence-corrected chi connectivity index (χ3v) is 6.04. The molecule has 180 valence electrons. The summed E-state index contributed by atoms with van der Waals surface area (Å²) >= 11 is 1.38. The molecule has 0 bridgehead atoms. The standard InChI is InChI=1S/C27H32FN3O2S/c1-27(2,3)16-25(32)29-22-11-12-23(30(4)5)20(15-22)18-31(26(33)24-10-7-13-34-24)17-19-8-6-9-21(28)14-19/h6-15H,16-18H2,1-5H3,(H,29,32). The summed E-state index contributed by atoms with van der Waals surface area (Å²) in [5.41, 5.74) is 3.11. The van der Waals surface area contributed by atoms with Gasteiger partial charge in [-0.05, 0) is 58.3 Å². The number of hydrogen-bond acceptors (Lipinski definition) is 4. The first-order valence-electron chi connectivity index (χ1n) is 11.2. The molecule has 0 fully saturated rings. The molecule has 1 aromatic heterocycles. The van der Waals surface area contributed by atoms with E-state index in [1.54, 1.807) is 17.0 Å². The second-order valence-corrected chi connectivity index (χ2v) is 10.7. The molecule has 0 atom stereocenters. The fourth-order valence-corrected chi connectivity index (χ4v) is 4.42. The van der Waals surface area contributed by atoms with E-state index in [0.29, 0.717) is 29.1 Å². The Balaban J connectivity index is 1.92. The van der Waals surface area contributed by atoms with Gasteiger partial charge in [-0.2, -0.15) is 0 Å². The van der Waals surface area contributed by atoms with Crippen LogP contribution in [-0.4, -0.2) is 30.8 Å². The van der Waals surface area contributed by atoms with Gasteiger partial charge in [0.1, 0.15) is 5.82 Å². The van der Waals surface area contributed by atoms with E-state index in [2.05, 4.69) is 5.32 Å². The molecule has 0 radical (unpaired) electrons. The lowest BCUT2D eigenvalue weighted by Crippen LogP contribution is -2.30. The Morgan fingerprint density at radius 2 is 1.76 bits per heavy atom. The molecule has 0 unspecified atom stereocenters. The van der Waals surface area contributed by atoms with Crippen molar-refractivity contribution in [1.29, 1.82) is 0 Å². The predicted octanol–water partition coefficient (Wildman–Crippen LogP) is 6.17. The molecule has 0 saturated carbocycles. The molecule has 0 aliphatic rings. The molecule has 0 spiro atoms. The second kappa shape index (κ2) is 10.8. The van der Waals surface area contributed by atoms with Gasteiger partial charge in [-0.15, -0.1) is 11.3 Å². The van der Waals surface area contributed by atoms with Crippen molar-refractivity contribution in [1.82, 2.24) is 4.90 Å². The Labute approximate surface area is 205 Å². The van der Waals surface area contributed by atoms with Gasteiger partial charge in [0, 0.05) is 45.0 Å². The number of benzene rings is 2. The summed E-state index contributed by atoms with van der Waals surface area (Å²) < 4.78 is 13.8. The third kappa shape index (κ3) is 7.15. The molecule has 7 heteroatoms. The number of anilines is 2. The lowest BCUT2D eigenvalue weighted by molar-refractivity contribution is -0.117. The van der Waals surface area contributed by atoms with E-state index in [9.17, 15) is 14.0 Å². The number of carbonyl (C=O) groups is 2. The minimum atomic E-state index is -0.335. The van der Waals surface area contributed by atoms with Crippen LogP contribution >= 0.6 is 11.3 Å². The average Bonchev–Trinajstić information content (AvgIpc) is 3.26. The van der Waals surface area contributed by atoms with Gasteiger partial charge in [-0.1, -0.05) is 39.0 Å². The van der Waals surface area contributed by atoms with Gasteiger partial charge >= 0.3 is 0 Å². The van der Waals surface area contributed by atoms with Crippen LogP contribution in [0.2, 0.25) is 0 Å². The fourth-order valence-electron chi connectivity index (χ4n) is 3.73. The number of nitrogens with zero attached hydrogens (tertiary/aromatic N) is 2. The van der Waals surface area contributed by atoms with Crippen molar-refractivity contribution in [2.45, 2.75) is 40.3 Å². The van der Waals surface area contributed by atoms with Crippen molar-refractivity contribution in [3.63, 3.8) is 0 Å². The normalized spacial score (nSPS) is 11.2. The molecule has 34 heavy (non-hydrogen) atoms. The van der Waals surface area contributed by atoms with Crippen LogP contribution in [0.4, 0.5) is 15.8 Å². The predicted molar refractivity (Wildman–Crippen MR) is 138 cm³/mol. The lowest BCUT2D eigenvalue weighted by atomic mass is 9.92. The zero-order chi connectivity index (χ0) is 24.9. The Morgan fingerprint density at radius 3 is 2.38 bits per heavy atom. The van der Waals surface area contributed by atoms with Gasteiger partial charge < -0.3 is 15.1 Å². The number of hydrogen-bond donors (Lipinski definition) is 1. The molecular weight excluding hydrogens is 449 g/mol. The zero-order valence-corrected chi connectivity index (χ0v) is 21.2. The monoisotopic (exact) mass is 481 g/mol. The second-order valence-electron chi connectivity index (χ2n) is 9.79. The smallest absolute Gasteiger partial charge is 0.264 e. The first kappa shape index (κ1) is 25.4. The van der Waals surface area contributed by atoms with Crippen LogP contribution in [-0.2, 0) is 17.9 Å². The van der Waals surface area contributed by atoms with Crippen LogP contribution in [0.3, 0.4) is 0 Å². The maximum absolute atomic E-state index is 13.8. The first-order valence-corrected chi connectivity index (χ1v) is 12.1. The van der Waals surface area contributed by atoms with Gasteiger partial charge in [0.25, 0.3) is 5.91 Å². The highest BCUT2D eigenvalue weighted by atomic mass is 32.1. The van der Waals surface area contributed by atoms with Gasteiger partial charge in [0.15, 0.2) is 0 Å². The Hall–Kier alpha value is -3.19. The summed E-state index contributed by atoms with van der Waals surface area (Å²) in [6.45, 7) is 6.64. The number of halogens is 1. The molecule has 3 rings (SSSR count). The maximum atomic E-state index is 13.8. The van der Waals surface area contributed by atoms with Crippen molar-refractivity contribution >= 4 is 34.5 Å². The van der Waals surface area contributed by atoms with Gasteiger partial charge in [-0.25, -0.2) is 4.39 Å². The molecule has 3 aromatic rings.